The number of methoxy groups -OCH3 is 1. The number of rotatable bonds is 7. The average molecular weight is 490 g/mol. The van der Waals surface area contributed by atoms with Gasteiger partial charge in [0, 0.05) is 21.3 Å². The Morgan fingerprint density at radius 1 is 1.00 bits per heavy atom. The number of carbonyl (C=O) groups excluding carboxylic acids is 2. The van der Waals surface area contributed by atoms with Crippen molar-refractivity contribution >= 4 is 46.9 Å². The van der Waals surface area contributed by atoms with Gasteiger partial charge in [0.05, 0.1) is 13.3 Å². The van der Waals surface area contributed by atoms with Crippen molar-refractivity contribution in [3.05, 3.63) is 87.7 Å². The van der Waals surface area contributed by atoms with Crippen LogP contribution in [-0.2, 0) is 16.2 Å². The van der Waals surface area contributed by atoms with Crippen LogP contribution >= 0.6 is 23.2 Å². The van der Waals surface area contributed by atoms with E-state index in [1.54, 1.807) is 36.4 Å². The number of halogens is 3. The van der Waals surface area contributed by atoms with E-state index in [1.807, 2.05) is 0 Å². The Labute approximate surface area is 199 Å². The Kier molecular flexibility index (Phi) is 8.23. The van der Waals surface area contributed by atoms with E-state index in [-0.39, 0.29) is 12.3 Å². The SMILES string of the molecule is COc1cc(/C=N\NC(=O)C(=O)Nc2ccc(F)cc2)ccc1OCc1ccc(Cl)cc1Cl. The summed E-state index contributed by atoms with van der Waals surface area (Å²) in [6, 6.07) is 15.1. The third-order valence-corrected chi connectivity index (χ3v) is 4.86. The highest BCUT2D eigenvalue weighted by Crippen LogP contribution is 2.29. The first-order valence-electron chi connectivity index (χ1n) is 9.50. The summed E-state index contributed by atoms with van der Waals surface area (Å²) >= 11 is 12.1. The molecule has 0 unspecified atom stereocenters. The fourth-order valence-electron chi connectivity index (χ4n) is 2.62. The second-order valence-electron chi connectivity index (χ2n) is 6.59. The van der Waals surface area contributed by atoms with E-state index in [0.717, 1.165) is 17.7 Å². The largest absolute Gasteiger partial charge is 0.493 e. The van der Waals surface area contributed by atoms with Crippen molar-refractivity contribution in [3.8, 4) is 11.5 Å². The van der Waals surface area contributed by atoms with Crippen LogP contribution in [0.1, 0.15) is 11.1 Å². The molecule has 0 fully saturated rings. The van der Waals surface area contributed by atoms with Gasteiger partial charge < -0.3 is 14.8 Å². The first-order chi connectivity index (χ1) is 15.9. The molecule has 0 saturated heterocycles. The van der Waals surface area contributed by atoms with Crippen LogP contribution in [0.25, 0.3) is 0 Å². The lowest BCUT2D eigenvalue weighted by atomic mass is 10.2. The number of nitrogens with zero attached hydrogens (tertiary/aromatic N) is 1. The maximum atomic E-state index is 12.9. The first-order valence-corrected chi connectivity index (χ1v) is 10.3. The van der Waals surface area contributed by atoms with E-state index in [9.17, 15) is 14.0 Å². The summed E-state index contributed by atoms with van der Waals surface area (Å²) in [4.78, 5) is 23.7. The Bertz CT molecular complexity index is 1190. The van der Waals surface area contributed by atoms with E-state index < -0.39 is 17.6 Å². The predicted octanol–water partition coefficient (Wildman–Crippen LogP) is 4.81. The van der Waals surface area contributed by atoms with Crippen molar-refractivity contribution in [2.24, 2.45) is 5.10 Å². The molecule has 2 amide bonds. The summed E-state index contributed by atoms with van der Waals surface area (Å²) in [5.74, 6) is -1.47. The minimum absolute atomic E-state index is 0.207. The van der Waals surface area contributed by atoms with Gasteiger partial charge in [0.25, 0.3) is 0 Å². The number of benzene rings is 3. The van der Waals surface area contributed by atoms with Crippen LogP contribution < -0.4 is 20.2 Å². The zero-order valence-electron chi connectivity index (χ0n) is 17.3. The molecule has 3 rings (SSSR count). The molecule has 0 radical (unpaired) electrons. The predicted molar refractivity (Wildman–Crippen MR) is 125 cm³/mol. The van der Waals surface area contributed by atoms with Gasteiger partial charge in [-0.25, -0.2) is 9.82 Å². The van der Waals surface area contributed by atoms with Crippen LogP contribution in [0.4, 0.5) is 10.1 Å². The number of ether oxygens (including phenoxy) is 2. The van der Waals surface area contributed by atoms with Gasteiger partial charge in [0.2, 0.25) is 0 Å². The van der Waals surface area contributed by atoms with Crippen LogP contribution in [0.3, 0.4) is 0 Å². The molecular weight excluding hydrogens is 472 g/mol. The molecule has 0 bridgehead atoms. The van der Waals surface area contributed by atoms with Crippen molar-refractivity contribution in [3.63, 3.8) is 0 Å². The molecule has 3 aromatic rings. The Balaban J connectivity index is 1.57. The van der Waals surface area contributed by atoms with Crippen molar-refractivity contribution in [2.75, 3.05) is 12.4 Å². The van der Waals surface area contributed by atoms with Gasteiger partial charge in [-0.1, -0.05) is 29.3 Å². The number of amides is 2. The van der Waals surface area contributed by atoms with Crippen LogP contribution in [0.2, 0.25) is 10.0 Å². The fourth-order valence-corrected chi connectivity index (χ4v) is 3.08. The zero-order chi connectivity index (χ0) is 23.8. The molecule has 7 nitrogen and oxygen atoms in total. The van der Waals surface area contributed by atoms with Gasteiger partial charge in [-0.15, -0.1) is 0 Å². The number of carbonyl (C=O) groups is 2. The zero-order valence-corrected chi connectivity index (χ0v) is 18.8. The lowest BCUT2D eigenvalue weighted by molar-refractivity contribution is -0.136. The molecule has 10 heteroatoms. The van der Waals surface area contributed by atoms with Crippen molar-refractivity contribution in [1.29, 1.82) is 0 Å². The number of nitrogens with one attached hydrogen (secondary N) is 2. The van der Waals surface area contributed by atoms with Crippen molar-refractivity contribution in [2.45, 2.75) is 6.61 Å². The van der Waals surface area contributed by atoms with Crippen molar-refractivity contribution in [1.82, 2.24) is 5.43 Å². The van der Waals surface area contributed by atoms with Crippen molar-refractivity contribution < 1.29 is 23.5 Å². The topological polar surface area (TPSA) is 89.0 Å². The Morgan fingerprint density at radius 2 is 1.76 bits per heavy atom. The summed E-state index contributed by atoms with van der Waals surface area (Å²) in [6.07, 6.45) is 1.34. The second-order valence-corrected chi connectivity index (χ2v) is 7.44. The standard InChI is InChI=1S/C23H18Cl2FN3O4/c1-32-21-10-14(2-9-20(21)33-13-15-3-4-16(24)11-19(15)25)12-27-29-23(31)22(30)28-18-7-5-17(26)6-8-18/h2-12H,13H2,1H3,(H,28,30)(H,29,31)/b27-12-. The summed E-state index contributed by atoms with van der Waals surface area (Å²) in [5.41, 5.74) is 3.74. The third-order valence-electron chi connectivity index (χ3n) is 4.27. The first kappa shape index (κ1) is 24.0. The minimum Gasteiger partial charge on any atom is -0.493 e. The number of hydrazone groups is 1. The monoisotopic (exact) mass is 489 g/mol. The molecule has 0 aliphatic heterocycles. The quantitative estimate of drug-likeness (QED) is 0.283. The van der Waals surface area contributed by atoms with E-state index >= 15 is 0 Å². The smallest absolute Gasteiger partial charge is 0.329 e. The number of hydrogen-bond acceptors (Lipinski definition) is 5. The molecule has 3 aromatic carbocycles. The van der Waals surface area contributed by atoms with E-state index in [1.165, 1.54) is 25.5 Å². The lowest BCUT2D eigenvalue weighted by Gasteiger charge is -2.12. The van der Waals surface area contributed by atoms with Crippen LogP contribution in [-0.4, -0.2) is 25.1 Å². The molecule has 0 atom stereocenters. The van der Waals surface area contributed by atoms with Crippen LogP contribution in [0.5, 0.6) is 11.5 Å². The maximum absolute atomic E-state index is 12.9. The molecule has 170 valence electrons. The van der Waals surface area contributed by atoms with E-state index in [2.05, 4.69) is 15.8 Å². The number of anilines is 1. The molecule has 0 aromatic heterocycles. The summed E-state index contributed by atoms with van der Waals surface area (Å²) < 4.78 is 24.0. The molecule has 0 heterocycles. The van der Waals surface area contributed by atoms with Gasteiger partial charge in [0.15, 0.2) is 11.5 Å². The summed E-state index contributed by atoms with van der Waals surface area (Å²) in [6.45, 7) is 0.207. The normalized spacial score (nSPS) is 10.7. The van der Waals surface area contributed by atoms with Gasteiger partial charge in [-0.3, -0.25) is 9.59 Å². The highest BCUT2D eigenvalue weighted by Gasteiger charge is 2.13. The summed E-state index contributed by atoms with van der Waals surface area (Å²) in [5, 5.41) is 7.12. The second kappa shape index (κ2) is 11.3. The fraction of sp³-hybridized carbons (Fsp3) is 0.0870. The molecule has 0 spiro atoms. The van der Waals surface area contributed by atoms with Crippen LogP contribution in [0, 0.1) is 5.82 Å². The highest BCUT2D eigenvalue weighted by atomic mass is 35.5. The lowest BCUT2D eigenvalue weighted by Crippen LogP contribution is -2.32. The van der Waals surface area contributed by atoms with Gasteiger partial charge in [-0.05, 0) is 60.2 Å². The van der Waals surface area contributed by atoms with E-state index in [0.29, 0.717) is 27.1 Å². The third kappa shape index (κ3) is 6.93. The minimum atomic E-state index is -0.984. The molecule has 33 heavy (non-hydrogen) atoms. The maximum Gasteiger partial charge on any atom is 0.329 e. The van der Waals surface area contributed by atoms with Gasteiger partial charge in [-0.2, -0.15) is 5.10 Å². The molecule has 0 aliphatic rings. The number of hydrogen-bond donors (Lipinski definition) is 2. The molecule has 0 aliphatic carbocycles. The molecule has 2 N–H and O–H groups in total. The molecule has 0 saturated carbocycles. The van der Waals surface area contributed by atoms with Gasteiger partial charge in [0.1, 0.15) is 12.4 Å². The van der Waals surface area contributed by atoms with E-state index in [4.69, 9.17) is 32.7 Å². The van der Waals surface area contributed by atoms with Gasteiger partial charge >= 0.3 is 11.8 Å². The molecular formula is C23H18Cl2FN3O4. The summed E-state index contributed by atoms with van der Waals surface area (Å²) in [7, 11) is 1.49. The Hall–Kier alpha value is -3.62. The average Bonchev–Trinajstić information content (AvgIpc) is 2.80. The van der Waals surface area contributed by atoms with Crippen LogP contribution in [0.15, 0.2) is 65.8 Å². The highest BCUT2D eigenvalue weighted by molar-refractivity contribution is 6.39. The Morgan fingerprint density at radius 3 is 2.45 bits per heavy atom.